The van der Waals surface area contributed by atoms with E-state index in [1.165, 1.54) is 24.3 Å². The largest absolute Gasteiger partial charge is 0.335 e. The predicted octanol–water partition coefficient (Wildman–Crippen LogP) is 3.71. The van der Waals surface area contributed by atoms with E-state index in [4.69, 9.17) is 17.4 Å². The molecule has 0 radical (unpaired) electrons. The molecular formula is C17H14ClF2N5OS. The number of aromatic nitrogens is 3. The number of benzene rings is 2. The minimum absolute atomic E-state index is 0.0874. The summed E-state index contributed by atoms with van der Waals surface area (Å²) in [6.07, 6.45) is 0. The molecule has 3 aromatic rings. The highest BCUT2D eigenvalue weighted by Crippen LogP contribution is 2.28. The summed E-state index contributed by atoms with van der Waals surface area (Å²) in [5, 5.41) is 10.1. The second-order valence-corrected chi connectivity index (χ2v) is 7.24. The number of halogens is 3. The van der Waals surface area contributed by atoms with E-state index in [1.54, 1.807) is 19.1 Å². The molecule has 10 heteroatoms. The van der Waals surface area contributed by atoms with Crippen LogP contribution in [0.1, 0.15) is 6.92 Å². The summed E-state index contributed by atoms with van der Waals surface area (Å²) in [5.41, 5.74) is 0.492. The zero-order valence-electron chi connectivity index (χ0n) is 14.0. The Labute approximate surface area is 162 Å². The van der Waals surface area contributed by atoms with Crippen LogP contribution in [-0.4, -0.2) is 26.0 Å². The fourth-order valence-corrected chi connectivity index (χ4v) is 3.21. The summed E-state index contributed by atoms with van der Waals surface area (Å²) in [5.74, 6) is 4.73. The summed E-state index contributed by atoms with van der Waals surface area (Å²) in [6.45, 7) is 1.63. The Morgan fingerprint density at radius 2 is 2.00 bits per heavy atom. The van der Waals surface area contributed by atoms with Gasteiger partial charge < -0.3 is 11.2 Å². The number of anilines is 1. The van der Waals surface area contributed by atoms with Crippen molar-refractivity contribution in [2.75, 3.05) is 11.2 Å². The zero-order chi connectivity index (χ0) is 19.6. The molecular weight excluding hydrogens is 396 g/mol. The van der Waals surface area contributed by atoms with Gasteiger partial charge in [0.1, 0.15) is 11.6 Å². The lowest BCUT2D eigenvalue weighted by Crippen LogP contribution is -2.24. The zero-order valence-corrected chi connectivity index (χ0v) is 15.6. The second-order valence-electron chi connectivity index (χ2n) is 5.53. The van der Waals surface area contributed by atoms with Gasteiger partial charge in [0.2, 0.25) is 11.1 Å². The number of nitrogens with zero attached hydrogens (tertiary/aromatic N) is 3. The van der Waals surface area contributed by atoms with Crippen molar-refractivity contribution in [3.63, 3.8) is 0 Å². The monoisotopic (exact) mass is 409 g/mol. The van der Waals surface area contributed by atoms with Gasteiger partial charge in [-0.05, 0) is 37.3 Å². The first-order valence-corrected chi connectivity index (χ1v) is 9.00. The molecule has 1 heterocycles. The lowest BCUT2D eigenvalue weighted by Gasteiger charge is -2.12. The molecule has 6 nitrogen and oxygen atoms in total. The highest BCUT2D eigenvalue weighted by molar-refractivity contribution is 8.00. The van der Waals surface area contributed by atoms with Gasteiger partial charge in [-0.3, -0.25) is 4.79 Å². The number of amides is 1. The minimum Gasteiger partial charge on any atom is -0.335 e. The van der Waals surface area contributed by atoms with Crippen LogP contribution < -0.4 is 11.2 Å². The van der Waals surface area contributed by atoms with E-state index in [0.717, 1.165) is 22.5 Å². The number of carbonyl (C=O) groups is 1. The van der Waals surface area contributed by atoms with Gasteiger partial charge in [0.25, 0.3) is 0 Å². The first-order chi connectivity index (χ1) is 12.9. The van der Waals surface area contributed by atoms with Gasteiger partial charge in [-0.2, -0.15) is 0 Å². The molecule has 2 aromatic carbocycles. The van der Waals surface area contributed by atoms with Gasteiger partial charge in [-0.25, -0.2) is 13.5 Å². The number of nitrogen functional groups attached to an aromatic ring is 1. The Balaban J connectivity index is 1.73. The summed E-state index contributed by atoms with van der Waals surface area (Å²) in [4.78, 5) is 12.4. The molecule has 1 atom stereocenters. The Morgan fingerprint density at radius 3 is 2.70 bits per heavy atom. The highest BCUT2D eigenvalue weighted by Gasteiger charge is 2.21. The van der Waals surface area contributed by atoms with E-state index in [2.05, 4.69) is 15.5 Å². The average molecular weight is 410 g/mol. The maximum atomic E-state index is 13.9. The number of rotatable bonds is 5. The summed E-state index contributed by atoms with van der Waals surface area (Å²) >= 11 is 6.95. The van der Waals surface area contributed by atoms with Gasteiger partial charge in [-0.1, -0.05) is 35.5 Å². The first-order valence-electron chi connectivity index (χ1n) is 7.74. The van der Waals surface area contributed by atoms with Crippen LogP contribution >= 0.6 is 23.4 Å². The Hall–Kier alpha value is -2.65. The summed E-state index contributed by atoms with van der Waals surface area (Å²) in [6, 6.07) is 9.70. The van der Waals surface area contributed by atoms with Crippen LogP contribution in [0.5, 0.6) is 0 Å². The quantitative estimate of drug-likeness (QED) is 0.495. The van der Waals surface area contributed by atoms with Crippen molar-refractivity contribution in [3.05, 3.63) is 59.1 Å². The number of thioether (sulfide) groups is 1. The molecule has 3 rings (SSSR count). The van der Waals surface area contributed by atoms with Gasteiger partial charge in [0.05, 0.1) is 21.5 Å². The standard InChI is InChI=1S/C17H14ClF2N5OS/c1-9(16(26)22-14-7-6-10(19)8-12(14)18)27-17-24-23-15(25(17)21)11-4-2-3-5-13(11)20/h2-9H,21H2,1H3,(H,22,26)/t9-/m1/s1. The van der Waals surface area contributed by atoms with E-state index >= 15 is 0 Å². The molecule has 0 spiro atoms. The van der Waals surface area contributed by atoms with Crippen LogP contribution in [0, 0.1) is 11.6 Å². The maximum Gasteiger partial charge on any atom is 0.237 e. The molecule has 0 unspecified atom stereocenters. The van der Waals surface area contributed by atoms with Gasteiger partial charge in [0.15, 0.2) is 5.82 Å². The number of nitrogens with two attached hydrogens (primary N) is 1. The minimum atomic E-state index is -0.619. The summed E-state index contributed by atoms with van der Waals surface area (Å²) < 4.78 is 28.1. The second kappa shape index (κ2) is 7.93. The van der Waals surface area contributed by atoms with Crippen LogP contribution in [-0.2, 0) is 4.79 Å². The number of carbonyl (C=O) groups excluding carboxylic acids is 1. The molecule has 1 aromatic heterocycles. The topological polar surface area (TPSA) is 85.8 Å². The van der Waals surface area contributed by atoms with Crippen LogP contribution in [0.15, 0.2) is 47.6 Å². The third-order valence-corrected chi connectivity index (χ3v) is 4.99. The number of nitrogens with one attached hydrogen (secondary N) is 1. The SMILES string of the molecule is C[C@@H](Sc1nnc(-c2ccccc2F)n1N)C(=O)Nc1ccc(F)cc1Cl. The van der Waals surface area contributed by atoms with Gasteiger partial charge in [-0.15, -0.1) is 10.2 Å². The Morgan fingerprint density at radius 1 is 1.26 bits per heavy atom. The van der Waals surface area contributed by atoms with E-state index in [-0.39, 0.29) is 33.2 Å². The van der Waals surface area contributed by atoms with E-state index in [1.807, 2.05) is 0 Å². The van der Waals surface area contributed by atoms with Crippen LogP contribution in [0.2, 0.25) is 5.02 Å². The average Bonchev–Trinajstić information content (AvgIpc) is 2.98. The molecule has 0 saturated carbocycles. The third kappa shape index (κ3) is 4.20. The first kappa shape index (κ1) is 19.1. The van der Waals surface area contributed by atoms with E-state index < -0.39 is 16.9 Å². The van der Waals surface area contributed by atoms with Crippen molar-refractivity contribution in [2.45, 2.75) is 17.3 Å². The molecule has 27 heavy (non-hydrogen) atoms. The number of hydrogen-bond donors (Lipinski definition) is 2. The molecule has 140 valence electrons. The predicted molar refractivity (Wildman–Crippen MR) is 101 cm³/mol. The Kier molecular flexibility index (Phi) is 5.62. The maximum absolute atomic E-state index is 13.9. The Bertz CT molecular complexity index is 997. The van der Waals surface area contributed by atoms with Crippen LogP contribution in [0.4, 0.5) is 14.5 Å². The normalized spacial score (nSPS) is 12.0. The van der Waals surface area contributed by atoms with Gasteiger partial charge in [0, 0.05) is 0 Å². The van der Waals surface area contributed by atoms with Crippen molar-refractivity contribution >= 4 is 35.0 Å². The molecule has 0 fully saturated rings. The number of hydrogen-bond acceptors (Lipinski definition) is 5. The van der Waals surface area contributed by atoms with Crippen molar-refractivity contribution in [3.8, 4) is 11.4 Å². The fourth-order valence-electron chi connectivity index (χ4n) is 2.22. The molecule has 3 N–H and O–H groups in total. The van der Waals surface area contributed by atoms with Crippen molar-refractivity contribution in [1.29, 1.82) is 0 Å². The molecule has 0 bridgehead atoms. The van der Waals surface area contributed by atoms with Crippen molar-refractivity contribution in [1.82, 2.24) is 14.9 Å². The van der Waals surface area contributed by atoms with Crippen molar-refractivity contribution < 1.29 is 13.6 Å². The molecule has 0 aliphatic rings. The van der Waals surface area contributed by atoms with E-state index in [0.29, 0.717) is 0 Å². The highest BCUT2D eigenvalue weighted by atomic mass is 35.5. The van der Waals surface area contributed by atoms with Gasteiger partial charge >= 0.3 is 0 Å². The van der Waals surface area contributed by atoms with E-state index in [9.17, 15) is 13.6 Å². The molecule has 1 amide bonds. The lowest BCUT2D eigenvalue weighted by molar-refractivity contribution is -0.115. The molecule has 0 saturated heterocycles. The lowest BCUT2D eigenvalue weighted by atomic mass is 10.2. The summed E-state index contributed by atoms with van der Waals surface area (Å²) in [7, 11) is 0. The van der Waals surface area contributed by atoms with Crippen LogP contribution in [0.25, 0.3) is 11.4 Å². The molecule has 0 aliphatic carbocycles. The third-order valence-electron chi connectivity index (χ3n) is 3.62. The fraction of sp³-hybridized carbons (Fsp3) is 0.118. The smallest absolute Gasteiger partial charge is 0.237 e. The van der Waals surface area contributed by atoms with Crippen molar-refractivity contribution in [2.24, 2.45) is 0 Å². The molecule has 0 aliphatic heterocycles. The van der Waals surface area contributed by atoms with Crippen LogP contribution in [0.3, 0.4) is 0 Å².